The minimum absolute atomic E-state index is 0.0986. The molecule has 12 heteroatoms. The van der Waals surface area contributed by atoms with Gasteiger partial charge in [-0.25, -0.2) is 13.4 Å². The smallest absolute Gasteiger partial charge is 0.261 e. The number of allylic oxidation sites excluding steroid dienone is 2. The van der Waals surface area contributed by atoms with E-state index >= 15 is 0 Å². The fraction of sp³-hybridized carbons (Fsp3) is 0.222. The normalized spacial score (nSPS) is 17.0. The number of nitrogens with one attached hydrogen (secondary N) is 2. The fourth-order valence-electron chi connectivity index (χ4n) is 2.82. The zero-order valence-corrected chi connectivity index (χ0v) is 17.4. The largest absolute Gasteiger partial charge is 0.458 e. The third kappa shape index (κ3) is 4.33. The lowest BCUT2D eigenvalue weighted by molar-refractivity contribution is -0.119. The van der Waals surface area contributed by atoms with E-state index in [-0.39, 0.29) is 36.2 Å². The number of hydrogen-bond donors (Lipinski definition) is 2. The molecule has 0 aliphatic carbocycles. The van der Waals surface area contributed by atoms with Gasteiger partial charge in [-0.1, -0.05) is 0 Å². The van der Waals surface area contributed by atoms with Gasteiger partial charge in [0, 0.05) is 25.0 Å². The molecular formula is C18H17N5O5S2. The van der Waals surface area contributed by atoms with Gasteiger partial charge < -0.3 is 14.6 Å². The van der Waals surface area contributed by atoms with Gasteiger partial charge in [-0.15, -0.1) is 15.7 Å². The van der Waals surface area contributed by atoms with Crippen molar-refractivity contribution in [2.24, 2.45) is 4.40 Å². The molecule has 4 rings (SSSR count). The second-order valence-corrected chi connectivity index (χ2v) is 9.10. The van der Waals surface area contributed by atoms with E-state index in [1.165, 1.54) is 24.3 Å². The number of carbonyl (C=O) groups is 2. The summed E-state index contributed by atoms with van der Waals surface area (Å²) in [4.78, 5) is 29.7. The van der Waals surface area contributed by atoms with Gasteiger partial charge in [-0.3, -0.25) is 14.9 Å². The highest BCUT2D eigenvalue weighted by Crippen LogP contribution is 2.27. The van der Waals surface area contributed by atoms with Crippen LogP contribution >= 0.6 is 11.3 Å². The van der Waals surface area contributed by atoms with Crippen LogP contribution in [0.3, 0.4) is 0 Å². The van der Waals surface area contributed by atoms with Crippen LogP contribution in [0.4, 0.5) is 5.13 Å². The summed E-state index contributed by atoms with van der Waals surface area (Å²) >= 11 is 1.20. The Morgan fingerprint density at radius 3 is 2.97 bits per heavy atom. The van der Waals surface area contributed by atoms with Crippen LogP contribution in [0.25, 0.3) is 11.5 Å². The van der Waals surface area contributed by atoms with E-state index in [1.807, 2.05) is 0 Å². The number of nitrogens with zero attached hydrogens (tertiary/aromatic N) is 3. The number of rotatable bonds is 5. The maximum Gasteiger partial charge on any atom is 0.261 e. The Morgan fingerprint density at radius 1 is 1.33 bits per heavy atom. The number of hydrogen-bond acceptors (Lipinski definition) is 8. The Kier molecular flexibility index (Phi) is 5.26. The Labute approximate surface area is 176 Å². The van der Waals surface area contributed by atoms with Crippen molar-refractivity contribution < 1.29 is 22.4 Å². The predicted molar refractivity (Wildman–Crippen MR) is 111 cm³/mol. The van der Waals surface area contributed by atoms with Crippen LogP contribution < -0.4 is 10.6 Å². The molecule has 2 aliphatic rings. The van der Waals surface area contributed by atoms with Crippen molar-refractivity contribution >= 4 is 44.1 Å². The molecule has 10 nitrogen and oxygen atoms in total. The second kappa shape index (κ2) is 7.88. The number of sulfonamides is 1. The number of fused-ring (bicyclic) bond motifs is 1. The molecule has 0 radical (unpaired) electrons. The van der Waals surface area contributed by atoms with Crippen LogP contribution in [-0.4, -0.2) is 48.2 Å². The molecule has 156 valence electrons. The average molecular weight is 447 g/mol. The first kappa shape index (κ1) is 20.0. The third-order valence-corrected chi connectivity index (χ3v) is 6.16. The monoisotopic (exact) mass is 447 g/mol. The summed E-state index contributed by atoms with van der Waals surface area (Å²) in [5.74, 6) is 0.417. The molecule has 0 saturated carbocycles. The van der Waals surface area contributed by atoms with Gasteiger partial charge in [0.15, 0.2) is 16.7 Å². The maximum absolute atomic E-state index is 12.7. The van der Waals surface area contributed by atoms with Crippen molar-refractivity contribution in [3.05, 3.63) is 47.2 Å². The summed E-state index contributed by atoms with van der Waals surface area (Å²) in [5.41, 5.74) is 0.675. The lowest BCUT2D eigenvalue weighted by atomic mass is 10.1. The number of thiazole rings is 1. The minimum Gasteiger partial charge on any atom is -0.458 e. The highest BCUT2D eigenvalue weighted by Gasteiger charge is 2.30. The topological polar surface area (TPSA) is 134 Å². The van der Waals surface area contributed by atoms with Crippen LogP contribution in [0.5, 0.6) is 0 Å². The summed E-state index contributed by atoms with van der Waals surface area (Å²) < 4.78 is 33.1. The molecule has 0 fully saturated rings. The standard InChI is InChI=1S/C18H17N5O5S2/c1-11(24)19-9-12-4-5-15(28-12)14-10-29-18(20-14)21-17(25)13-3-2-6-23-7-8-30(26,27)22-16(13)23/h2-6,10H,7-9H2,1H3,(H,19,24)(H,20,21,25). The van der Waals surface area contributed by atoms with E-state index in [9.17, 15) is 18.0 Å². The molecule has 2 amide bonds. The average Bonchev–Trinajstić information content (AvgIpc) is 3.34. The highest BCUT2D eigenvalue weighted by molar-refractivity contribution is 7.90. The second-order valence-electron chi connectivity index (χ2n) is 6.48. The zero-order chi connectivity index (χ0) is 21.3. The predicted octanol–water partition coefficient (Wildman–Crippen LogP) is 1.48. The van der Waals surface area contributed by atoms with Gasteiger partial charge >= 0.3 is 0 Å². The van der Waals surface area contributed by atoms with Gasteiger partial charge in [0.05, 0.1) is 17.9 Å². The molecule has 2 aromatic rings. The molecule has 4 heterocycles. The molecule has 2 N–H and O–H groups in total. The van der Waals surface area contributed by atoms with Crippen LogP contribution in [-0.2, 0) is 26.2 Å². The quantitative estimate of drug-likeness (QED) is 0.709. The molecule has 2 aromatic heterocycles. The molecule has 2 aliphatic heterocycles. The lowest BCUT2D eigenvalue weighted by Gasteiger charge is -2.28. The first-order chi connectivity index (χ1) is 14.3. The Bertz CT molecular complexity index is 1210. The summed E-state index contributed by atoms with van der Waals surface area (Å²) in [6.45, 7) is 1.93. The zero-order valence-electron chi connectivity index (χ0n) is 15.8. The first-order valence-corrected chi connectivity index (χ1v) is 11.4. The van der Waals surface area contributed by atoms with Crippen molar-refractivity contribution in [3.8, 4) is 11.5 Å². The molecule has 30 heavy (non-hydrogen) atoms. The maximum atomic E-state index is 12.7. The van der Waals surface area contributed by atoms with Crippen LogP contribution in [0.15, 0.2) is 50.3 Å². The van der Waals surface area contributed by atoms with Crippen LogP contribution in [0.2, 0.25) is 0 Å². The number of amides is 2. The molecule has 0 aromatic carbocycles. The van der Waals surface area contributed by atoms with Crippen molar-refractivity contribution in [1.82, 2.24) is 15.2 Å². The van der Waals surface area contributed by atoms with Gasteiger partial charge in [0.25, 0.3) is 15.9 Å². The van der Waals surface area contributed by atoms with Gasteiger partial charge in [0.2, 0.25) is 5.91 Å². The van der Waals surface area contributed by atoms with E-state index in [2.05, 4.69) is 20.0 Å². The molecule has 0 saturated heterocycles. The lowest BCUT2D eigenvalue weighted by Crippen LogP contribution is -2.40. The summed E-state index contributed by atoms with van der Waals surface area (Å²) in [7, 11) is -3.59. The highest BCUT2D eigenvalue weighted by atomic mass is 32.2. The fourth-order valence-corrected chi connectivity index (χ4v) is 4.50. The number of furan rings is 1. The van der Waals surface area contributed by atoms with E-state index in [0.717, 1.165) is 0 Å². The van der Waals surface area contributed by atoms with Crippen molar-refractivity contribution in [1.29, 1.82) is 0 Å². The van der Waals surface area contributed by atoms with Crippen LogP contribution in [0.1, 0.15) is 12.7 Å². The van der Waals surface area contributed by atoms with Gasteiger partial charge in [-0.2, -0.15) is 0 Å². The van der Waals surface area contributed by atoms with Gasteiger partial charge in [-0.05, 0) is 24.3 Å². The van der Waals surface area contributed by atoms with E-state index in [0.29, 0.717) is 22.3 Å². The van der Waals surface area contributed by atoms with Crippen molar-refractivity contribution in [2.75, 3.05) is 17.6 Å². The third-order valence-electron chi connectivity index (χ3n) is 4.25. The number of amidine groups is 1. The SMILES string of the molecule is CC(=O)NCc1ccc(-c2csc(NC(=O)C3=CC=CN4CCS(=O)(=O)N=C34)n2)o1. The van der Waals surface area contributed by atoms with E-state index < -0.39 is 15.9 Å². The first-order valence-electron chi connectivity index (χ1n) is 8.89. The Morgan fingerprint density at radius 2 is 2.17 bits per heavy atom. The summed E-state index contributed by atoms with van der Waals surface area (Å²) in [6.07, 6.45) is 4.86. The molecule has 0 bridgehead atoms. The van der Waals surface area contributed by atoms with E-state index in [1.54, 1.807) is 34.7 Å². The van der Waals surface area contributed by atoms with Crippen LogP contribution in [0, 0.1) is 0 Å². The molecular weight excluding hydrogens is 430 g/mol. The number of anilines is 1. The molecule has 0 spiro atoms. The van der Waals surface area contributed by atoms with Crippen molar-refractivity contribution in [2.45, 2.75) is 13.5 Å². The molecule has 0 unspecified atom stereocenters. The van der Waals surface area contributed by atoms with Gasteiger partial charge in [0.1, 0.15) is 11.5 Å². The summed E-state index contributed by atoms with van der Waals surface area (Å²) in [5, 5.41) is 7.37. The minimum atomic E-state index is -3.59. The number of carbonyl (C=O) groups excluding carboxylic acids is 2. The molecule has 0 atom stereocenters. The van der Waals surface area contributed by atoms with E-state index in [4.69, 9.17) is 4.42 Å². The summed E-state index contributed by atoms with van der Waals surface area (Å²) in [6, 6.07) is 3.46. The Hall–Kier alpha value is -3.25. The van der Waals surface area contributed by atoms with Crippen molar-refractivity contribution in [3.63, 3.8) is 0 Å². The Balaban J connectivity index is 1.48. The number of aromatic nitrogens is 1.